The fourth-order valence-electron chi connectivity index (χ4n) is 3.17. The van der Waals surface area contributed by atoms with Gasteiger partial charge < -0.3 is 10.1 Å². The zero-order valence-electron chi connectivity index (χ0n) is 15.3. The van der Waals surface area contributed by atoms with Crippen LogP contribution in [0.5, 0.6) is 5.75 Å². The van der Waals surface area contributed by atoms with Crippen LogP contribution in [0.15, 0.2) is 60.7 Å². The molecule has 0 aromatic heterocycles. The Kier molecular flexibility index (Phi) is 6.45. The fourth-order valence-corrected chi connectivity index (χ4v) is 3.17. The van der Waals surface area contributed by atoms with Gasteiger partial charge in [-0.3, -0.25) is 9.69 Å². The number of ether oxygens (including phenoxy) is 1. The highest BCUT2D eigenvalue weighted by Gasteiger charge is 2.15. The molecule has 0 saturated heterocycles. The topological polar surface area (TPSA) is 41.6 Å². The summed E-state index contributed by atoms with van der Waals surface area (Å²) >= 11 is 0. The predicted molar refractivity (Wildman–Crippen MR) is 105 cm³/mol. The molecule has 0 unspecified atom stereocenters. The van der Waals surface area contributed by atoms with Crippen molar-refractivity contribution in [2.75, 3.05) is 33.3 Å². The summed E-state index contributed by atoms with van der Waals surface area (Å²) in [5.41, 5.74) is 3.86. The second-order valence-electron chi connectivity index (χ2n) is 6.53. The first kappa shape index (κ1) is 18.2. The molecular formula is C22H26N2O2. The number of hydrogen-bond acceptors (Lipinski definition) is 3. The number of carbonyl (C=O) groups is 1. The molecule has 0 spiro atoms. The van der Waals surface area contributed by atoms with Crippen molar-refractivity contribution in [3.63, 3.8) is 0 Å². The van der Waals surface area contributed by atoms with Crippen molar-refractivity contribution in [2.24, 2.45) is 0 Å². The van der Waals surface area contributed by atoms with Crippen LogP contribution in [0.2, 0.25) is 0 Å². The Bertz CT molecular complexity index is 738. The third kappa shape index (κ3) is 5.20. The van der Waals surface area contributed by atoms with Crippen LogP contribution in [-0.2, 0) is 11.2 Å². The second kappa shape index (κ2) is 9.20. The Labute approximate surface area is 155 Å². The predicted octanol–water partition coefficient (Wildman–Crippen LogP) is 3.14. The quantitative estimate of drug-likeness (QED) is 0.834. The molecule has 136 valence electrons. The van der Waals surface area contributed by atoms with Crippen molar-refractivity contribution < 1.29 is 9.53 Å². The van der Waals surface area contributed by atoms with Crippen molar-refractivity contribution in [1.82, 2.24) is 10.2 Å². The molecule has 0 aliphatic carbocycles. The third-order valence-electron chi connectivity index (χ3n) is 4.70. The molecule has 0 bridgehead atoms. The molecule has 26 heavy (non-hydrogen) atoms. The van der Waals surface area contributed by atoms with Crippen molar-refractivity contribution in [2.45, 2.75) is 12.8 Å². The van der Waals surface area contributed by atoms with E-state index in [1.165, 1.54) is 16.7 Å². The minimum Gasteiger partial charge on any atom is -0.497 e. The summed E-state index contributed by atoms with van der Waals surface area (Å²) in [7, 11) is 1.66. The highest BCUT2D eigenvalue weighted by molar-refractivity contribution is 5.78. The average molecular weight is 350 g/mol. The Morgan fingerprint density at radius 1 is 1.12 bits per heavy atom. The van der Waals surface area contributed by atoms with Crippen LogP contribution in [-0.4, -0.2) is 44.1 Å². The van der Waals surface area contributed by atoms with E-state index < -0.39 is 0 Å². The standard InChI is InChI=1S/C22H26N2O2/c1-26-21-9-7-18(8-10-21)11-14-23-22(25)17-24-15-12-20(13-16-24)19-5-3-2-4-6-19/h2-10,12H,11,13-17H2,1H3,(H,23,25). The smallest absolute Gasteiger partial charge is 0.234 e. The van der Waals surface area contributed by atoms with Gasteiger partial charge in [-0.1, -0.05) is 48.5 Å². The van der Waals surface area contributed by atoms with E-state index in [0.717, 1.165) is 31.7 Å². The van der Waals surface area contributed by atoms with Gasteiger partial charge in [0.2, 0.25) is 5.91 Å². The normalized spacial score (nSPS) is 14.6. The van der Waals surface area contributed by atoms with Crippen molar-refractivity contribution in [3.8, 4) is 5.75 Å². The van der Waals surface area contributed by atoms with Crippen LogP contribution in [0.25, 0.3) is 5.57 Å². The number of benzene rings is 2. The molecule has 0 atom stereocenters. The molecule has 1 amide bonds. The number of amides is 1. The Balaban J connectivity index is 1.39. The maximum absolute atomic E-state index is 12.2. The first-order chi connectivity index (χ1) is 12.7. The lowest BCUT2D eigenvalue weighted by Gasteiger charge is -2.25. The van der Waals surface area contributed by atoms with Crippen LogP contribution in [0.4, 0.5) is 0 Å². The number of hydrogen-bond donors (Lipinski definition) is 1. The van der Waals surface area contributed by atoms with E-state index in [1.807, 2.05) is 30.3 Å². The van der Waals surface area contributed by atoms with E-state index in [-0.39, 0.29) is 5.91 Å². The highest BCUT2D eigenvalue weighted by Crippen LogP contribution is 2.21. The molecule has 0 radical (unpaired) electrons. The van der Waals surface area contributed by atoms with Gasteiger partial charge in [0.25, 0.3) is 0 Å². The number of rotatable bonds is 7. The van der Waals surface area contributed by atoms with Crippen LogP contribution in [0, 0.1) is 0 Å². The van der Waals surface area contributed by atoms with Crippen LogP contribution >= 0.6 is 0 Å². The molecular weight excluding hydrogens is 324 g/mol. The zero-order valence-corrected chi connectivity index (χ0v) is 15.3. The Morgan fingerprint density at radius 3 is 2.54 bits per heavy atom. The molecule has 0 saturated carbocycles. The van der Waals surface area contributed by atoms with Gasteiger partial charge in [-0.05, 0) is 41.7 Å². The Morgan fingerprint density at radius 2 is 1.88 bits per heavy atom. The summed E-state index contributed by atoms with van der Waals surface area (Å²) in [4.78, 5) is 14.3. The SMILES string of the molecule is COc1ccc(CCNC(=O)CN2CC=C(c3ccccc3)CC2)cc1. The van der Waals surface area contributed by atoms with Gasteiger partial charge in [0.1, 0.15) is 5.75 Å². The molecule has 2 aromatic rings. The molecule has 1 N–H and O–H groups in total. The summed E-state index contributed by atoms with van der Waals surface area (Å²) in [5, 5.41) is 3.02. The number of nitrogens with one attached hydrogen (secondary N) is 1. The van der Waals surface area contributed by atoms with Crippen LogP contribution < -0.4 is 10.1 Å². The summed E-state index contributed by atoms with van der Waals surface area (Å²) in [5.74, 6) is 0.945. The summed E-state index contributed by atoms with van der Waals surface area (Å²) in [6.45, 7) is 2.87. The summed E-state index contributed by atoms with van der Waals surface area (Å²) < 4.78 is 5.15. The lowest BCUT2D eigenvalue weighted by atomic mass is 10.00. The molecule has 0 fully saturated rings. The van der Waals surface area contributed by atoms with E-state index in [0.29, 0.717) is 13.1 Å². The van der Waals surface area contributed by atoms with Crippen LogP contribution in [0.3, 0.4) is 0 Å². The van der Waals surface area contributed by atoms with E-state index >= 15 is 0 Å². The molecule has 1 heterocycles. The van der Waals surface area contributed by atoms with Crippen LogP contribution in [0.1, 0.15) is 17.5 Å². The van der Waals surface area contributed by atoms with Gasteiger partial charge in [-0.2, -0.15) is 0 Å². The number of nitrogens with zero attached hydrogens (tertiary/aromatic N) is 1. The summed E-state index contributed by atoms with van der Waals surface area (Å²) in [6.07, 6.45) is 4.06. The van der Waals surface area contributed by atoms with Crippen molar-refractivity contribution >= 4 is 11.5 Å². The lowest BCUT2D eigenvalue weighted by molar-refractivity contribution is -0.122. The molecule has 4 nitrogen and oxygen atoms in total. The molecule has 1 aliphatic rings. The highest BCUT2D eigenvalue weighted by atomic mass is 16.5. The molecule has 3 rings (SSSR count). The van der Waals surface area contributed by atoms with Gasteiger partial charge in [0.15, 0.2) is 0 Å². The van der Waals surface area contributed by atoms with Crippen molar-refractivity contribution in [3.05, 3.63) is 71.8 Å². The number of carbonyl (C=O) groups excluding carboxylic acids is 1. The molecule has 2 aromatic carbocycles. The Hall–Kier alpha value is -2.59. The van der Waals surface area contributed by atoms with Gasteiger partial charge in [0, 0.05) is 19.6 Å². The largest absolute Gasteiger partial charge is 0.497 e. The van der Waals surface area contributed by atoms with E-state index in [1.54, 1.807) is 7.11 Å². The fraction of sp³-hybridized carbons (Fsp3) is 0.318. The van der Waals surface area contributed by atoms with Gasteiger partial charge >= 0.3 is 0 Å². The monoisotopic (exact) mass is 350 g/mol. The zero-order chi connectivity index (χ0) is 18.2. The maximum Gasteiger partial charge on any atom is 0.234 e. The van der Waals surface area contributed by atoms with Crippen molar-refractivity contribution in [1.29, 1.82) is 0 Å². The second-order valence-corrected chi connectivity index (χ2v) is 6.53. The molecule has 1 aliphatic heterocycles. The van der Waals surface area contributed by atoms with E-state index in [9.17, 15) is 4.79 Å². The lowest BCUT2D eigenvalue weighted by Crippen LogP contribution is -2.39. The minimum absolute atomic E-state index is 0.0927. The summed E-state index contributed by atoms with van der Waals surface area (Å²) in [6, 6.07) is 18.4. The number of methoxy groups -OCH3 is 1. The molecule has 4 heteroatoms. The van der Waals surface area contributed by atoms with Gasteiger partial charge in [-0.15, -0.1) is 0 Å². The van der Waals surface area contributed by atoms with Gasteiger partial charge in [0.05, 0.1) is 13.7 Å². The minimum atomic E-state index is 0.0927. The maximum atomic E-state index is 12.2. The third-order valence-corrected chi connectivity index (χ3v) is 4.70. The van der Waals surface area contributed by atoms with E-state index in [4.69, 9.17) is 4.74 Å². The van der Waals surface area contributed by atoms with E-state index in [2.05, 4.69) is 40.6 Å². The van der Waals surface area contributed by atoms with Gasteiger partial charge in [-0.25, -0.2) is 0 Å². The average Bonchev–Trinajstić information content (AvgIpc) is 2.70. The first-order valence-electron chi connectivity index (χ1n) is 9.11. The first-order valence-corrected chi connectivity index (χ1v) is 9.11.